The minimum Gasteiger partial charge on any atom is -0.451 e. The molecule has 0 aliphatic heterocycles. The molecule has 4 aromatic rings. The molecular formula is C21H18ClN3O2S2. The van der Waals surface area contributed by atoms with Gasteiger partial charge in [-0.05, 0) is 48.7 Å². The zero-order valence-electron chi connectivity index (χ0n) is 15.9. The molecule has 0 unspecified atom stereocenters. The zero-order chi connectivity index (χ0) is 20.4. The molecule has 0 radical (unpaired) electrons. The molecule has 0 saturated heterocycles. The van der Waals surface area contributed by atoms with E-state index >= 15 is 0 Å². The first-order chi connectivity index (χ1) is 14.0. The number of nitrogens with zero attached hydrogens (tertiary/aromatic N) is 2. The highest BCUT2D eigenvalue weighted by Crippen LogP contribution is 2.30. The summed E-state index contributed by atoms with van der Waals surface area (Å²) >= 11 is 8.81. The molecule has 0 saturated carbocycles. The minimum atomic E-state index is -0.317. The van der Waals surface area contributed by atoms with E-state index in [1.807, 2.05) is 43.3 Å². The molecule has 148 valence electrons. The van der Waals surface area contributed by atoms with Gasteiger partial charge in [0.1, 0.15) is 5.58 Å². The highest BCUT2D eigenvalue weighted by Gasteiger charge is 2.19. The molecule has 29 heavy (non-hydrogen) atoms. The average Bonchev–Trinajstić information content (AvgIpc) is 3.31. The number of aryl methyl sites for hydroxylation is 2. The summed E-state index contributed by atoms with van der Waals surface area (Å²) in [5.41, 5.74) is 3.89. The predicted molar refractivity (Wildman–Crippen MR) is 119 cm³/mol. The van der Waals surface area contributed by atoms with Crippen molar-refractivity contribution in [1.29, 1.82) is 0 Å². The second-order valence-electron chi connectivity index (χ2n) is 6.48. The van der Waals surface area contributed by atoms with E-state index < -0.39 is 0 Å². The van der Waals surface area contributed by atoms with Gasteiger partial charge in [0, 0.05) is 21.7 Å². The van der Waals surface area contributed by atoms with Gasteiger partial charge in [-0.15, -0.1) is 10.2 Å². The number of thioether (sulfide) groups is 1. The van der Waals surface area contributed by atoms with Crippen LogP contribution < -0.4 is 5.32 Å². The molecule has 8 heteroatoms. The Morgan fingerprint density at radius 3 is 2.69 bits per heavy atom. The number of anilines is 1. The molecule has 0 aliphatic carbocycles. The first kappa shape index (κ1) is 19.9. The van der Waals surface area contributed by atoms with Gasteiger partial charge in [-0.2, -0.15) is 0 Å². The van der Waals surface area contributed by atoms with Crippen LogP contribution in [0.1, 0.15) is 34.2 Å². The molecule has 1 amide bonds. The van der Waals surface area contributed by atoms with E-state index in [0.717, 1.165) is 33.0 Å². The second-order valence-corrected chi connectivity index (χ2v) is 9.12. The summed E-state index contributed by atoms with van der Waals surface area (Å²) < 4.78 is 6.56. The Kier molecular flexibility index (Phi) is 5.89. The largest absolute Gasteiger partial charge is 0.451 e. The number of carbonyl (C=O) groups is 1. The number of carbonyl (C=O) groups excluding carboxylic acids is 1. The first-order valence-corrected chi connectivity index (χ1v) is 11.3. The van der Waals surface area contributed by atoms with E-state index in [2.05, 4.69) is 28.5 Å². The molecule has 5 nitrogen and oxygen atoms in total. The van der Waals surface area contributed by atoms with Crippen molar-refractivity contribution < 1.29 is 9.21 Å². The Morgan fingerprint density at radius 2 is 1.93 bits per heavy atom. The van der Waals surface area contributed by atoms with Gasteiger partial charge in [0.25, 0.3) is 5.91 Å². The SMILES string of the molecule is CCc1ccc2oc(C(=O)Nc3nnc(SCc4ccc(Cl)cc4)s3)c(C)c2c1. The lowest BCUT2D eigenvalue weighted by atomic mass is 10.1. The Labute approximate surface area is 181 Å². The summed E-state index contributed by atoms with van der Waals surface area (Å²) in [6.07, 6.45) is 0.934. The summed E-state index contributed by atoms with van der Waals surface area (Å²) in [5, 5.41) is 13.1. The second kappa shape index (κ2) is 8.57. The van der Waals surface area contributed by atoms with Gasteiger partial charge in [0.15, 0.2) is 10.1 Å². The van der Waals surface area contributed by atoms with Crippen molar-refractivity contribution in [3.8, 4) is 0 Å². The molecule has 0 atom stereocenters. The number of fused-ring (bicyclic) bond motifs is 1. The molecule has 0 spiro atoms. The number of hydrogen-bond donors (Lipinski definition) is 1. The third kappa shape index (κ3) is 4.47. The van der Waals surface area contributed by atoms with Crippen LogP contribution in [0.15, 0.2) is 51.2 Å². The van der Waals surface area contributed by atoms with Gasteiger partial charge in [0.05, 0.1) is 0 Å². The summed E-state index contributed by atoms with van der Waals surface area (Å²) in [4.78, 5) is 12.7. The Balaban J connectivity index is 1.44. The fraction of sp³-hybridized carbons (Fsp3) is 0.190. The van der Waals surface area contributed by atoms with Gasteiger partial charge in [-0.1, -0.05) is 59.8 Å². The van der Waals surface area contributed by atoms with Crippen molar-refractivity contribution in [3.63, 3.8) is 0 Å². The molecule has 4 rings (SSSR count). The van der Waals surface area contributed by atoms with Gasteiger partial charge in [-0.25, -0.2) is 0 Å². The van der Waals surface area contributed by atoms with E-state index in [1.54, 1.807) is 11.8 Å². The van der Waals surface area contributed by atoms with Crippen LogP contribution in [-0.2, 0) is 12.2 Å². The van der Waals surface area contributed by atoms with Gasteiger partial charge in [-0.3, -0.25) is 10.1 Å². The number of amides is 1. The molecule has 0 aliphatic rings. The van der Waals surface area contributed by atoms with Crippen LogP contribution in [0.5, 0.6) is 0 Å². The molecule has 0 bridgehead atoms. The van der Waals surface area contributed by atoms with Crippen molar-refractivity contribution in [2.45, 2.75) is 30.4 Å². The maximum Gasteiger partial charge on any atom is 0.293 e. The summed E-state index contributed by atoms with van der Waals surface area (Å²) in [5.74, 6) is 0.739. The molecule has 1 N–H and O–H groups in total. The normalized spacial score (nSPS) is 11.1. The highest BCUT2D eigenvalue weighted by atomic mass is 35.5. The van der Waals surface area contributed by atoms with Crippen molar-refractivity contribution in [1.82, 2.24) is 10.2 Å². The third-order valence-corrected chi connectivity index (χ3v) is 6.81. The van der Waals surface area contributed by atoms with Crippen molar-refractivity contribution in [2.75, 3.05) is 5.32 Å². The van der Waals surface area contributed by atoms with Crippen LogP contribution in [0.3, 0.4) is 0 Å². The standard InChI is InChI=1S/C21H18ClN3O2S2/c1-3-13-6-9-17-16(10-13)12(2)18(27-17)19(26)23-20-24-25-21(29-20)28-11-14-4-7-15(22)8-5-14/h4-10H,3,11H2,1-2H3,(H,23,24,26). The van der Waals surface area contributed by atoms with E-state index in [-0.39, 0.29) is 5.91 Å². The average molecular weight is 444 g/mol. The fourth-order valence-corrected chi connectivity index (χ4v) is 4.73. The number of nitrogens with one attached hydrogen (secondary N) is 1. The van der Waals surface area contributed by atoms with E-state index in [4.69, 9.17) is 16.0 Å². The number of benzene rings is 2. The minimum absolute atomic E-state index is 0.304. The first-order valence-electron chi connectivity index (χ1n) is 9.07. The lowest BCUT2D eigenvalue weighted by molar-refractivity contribution is 0.0998. The van der Waals surface area contributed by atoms with Crippen LogP contribution in [-0.4, -0.2) is 16.1 Å². The lowest BCUT2D eigenvalue weighted by Crippen LogP contribution is -2.11. The van der Waals surface area contributed by atoms with Crippen LogP contribution in [0.25, 0.3) is 11.0 Å². The lowest BCUT2D eigenvalue weighted by Gasteiger charge is -1.99. The molecule has 2 aromatic carbocycles. The van der Waals surface area contributed by atoms with Crippen LogP contribution in [0.4, 0.5) is 5.13 Å². The fourth-order valence-electron chi connectivity index (χ4n) is 2.90. The quantitative estimate of drug-likeness (QED) is 0.277. The van der Waals surface area contributed by atoms with Gasteiger partial charge < -0.3 is 4.42 Å². The highest BCUT2D eigenvalue weighted by molar-refractivity contribution is 8.00. The topological polar surface area (TPSA) is 68.0 Å². The van der Waals surface area contributed by atoms with Gasteiger partial charge >= 0.3 is 0 Å². The molecule has 2 aromatic heterocycles. The molecule has 2 heterocycles. The summed E-state index contributed by atoms with van der Waals surface area (Å²) in [7, 11) is 0. The van der Waals surface area contributed by atoms with E-state index in [1.165, 1.54) is 16.9 Å². The number of rotatable bonds is 6. The van der Waals surface area contributed by atoms with Crippen molar-refractivity contribution in [2.24, 2.45) is 0 Å². The van der Waals surface area contributed by atoms with E-state index in [9.17, 15) is 4.79 Å². The molecule has 0 fully saturated rings. The van der Waals surface area contributed by atoms with Gasteiger partial charge in [0.2, 0.25) is 5.13 Å². The maximum absolute atomic E-state index is 12.7. The van der Waals surface area contributed by atoms with E-state index in [0.29, 0.717) is 21.5 Å². The van der Waals surface area contributed by atoms with Crippen LogP contribution >= 0.6 is 34.7 Å². The predicted octanol–water partition coefficient (Wildman–Crippen LogP) is 6.35. The zero-order valence-corrected chi connectivity index (χ0v) is 18.2. The molecular weight excluding hydrogens is 426 g/mol. The van der Waals surface area contributed by atoms with Crippen molar-refractivity contribution in [3.05, 3.63) is 69.9 Å². The number of furan rings is 1. The van der Waals surface area contributed by atoms with Crippen molar-refractivity contribution >= 4 is 56.7 Å². The number of aromatic nitrogens is 2. The van der Waals surface area contributed by atoms with Crippen LogP contribution in [0, 0.1) is 6.92 Å². The Morgan fingerprint density at radius 1 is 1.17 bits per heavy atom. The summed E-state index contributed by atoms with van der Waals surface area (Å²) in [6, 6.07) is 13.7. The Hall–Kier alpha value is -2.35. The smallest absolute Gasteiger partial charge is 0.293 e. The monoisotopic (exact) mass is 443 g/mol. The maximum atomic E-state index is 12.7. The Bertz CT molecular complexity index is 1170. The van der Waals surface area contributed by atoms with Crippen LogP contribution in [0.2, 0.25) is 5.02 Å². The number of halogens is 1. The number of hydrogen-bond acceptors (Lipinski definition) is 6. The third-order valence-electron chi connectivity index (χ3n) is 4.52. The summed E-state index contributed by atoms with van der Waals surface area (Å²) in [6.45, 7) is 4.00.